The van der Waals surface area contributed by atoms with Crippen LogP contribution in [0.4, 0.5) is 0 Å². The van der Waals surface area contributed by atoms with Gasteiger partial charge in [0.1, 0.15) is 36.6 Å². The van der Waals surface area contributed by atoms with Crippen molar-refractivity contribution in [2.75, 3.05) is 0 Å². The van der Waals surface area contributed by atoms with E-state index in [1.165, 1.54) is 10.7 Å². The van der Waals surface area contributed by atoms with Crippen LogP contribution < -0.4 is 10.2 Å². The molecular weight excluding hydrogens is 394 g/mol. The third-order valence-corrected chi connectivity index (χ3v) is 3.74. The van der Waals surface area contributed by atoms with Gasteiger partial charge in [0.05, 0.1) is 11.8 Å². The molecule has 2 heterocycles. The van der Waals surface area contributed by atoms with Crippen molar-refractivity contribution >= 4 is 22.2 Å². The quantitative estimate of drug-likeness (QED) is 0.625. The molecular formula is C16H12BrN3O5. The molecule has 1 aromatic carbocycles. The van der Waals surface area contributed by atoms with Gasteiger partial charge in [-0.05, 0) is 18.2 Å². The Hall–Kier alpha value is -2.94. The molecule has 0 saturated heterocycles. The fraction of sp³-hybridized carbons (Fsp3) is 0.125. The van der Waals surface area contributed by atoms with E-state index in [0.717, 1.165) is 10.7 Å². The van der Waals surface area contributed by atoms with Gasteiger partial charge in [0.2, 0.25) is 5.43 Å². The highest BCUT2D eigenvalue weighted by Gasteiger charge is 2.08. The lowest BCUT2D eigenvalue weighted by molar-refractivity contribution is 0.111. The largest absolute Gasteiger partial charge is 0.502 e. The molecule has 9 heteroatoms. The highest BCUT2D eigenvalue weighted by Crippen LogP contribution is 2.23. The molecule has 128 valence electrons. The van der Waals surface area contributed by atoms with E-state index in [9.17, 15) is 9.59 Å². The van der Waals surface area contributed by atoms with Crippen molar-refractivity contribution in [2.24, 2.45) is 0 Å². The first-order chi connectivity index (χ1) is 12.0. The van der Waals surface area contributed by atoms with Gasteiger partial charge >= 0.3 is 0 Å². The second-order valence-electron chi connectivity index (χ2n) is 5.09. The van der Waals surface area contributed by atoms with Gasteiger partial charge in [0.15, 0.2) is 12.0 Å². The van der Waals surface area contributed by atoms with Crippen LogP contribution in [0.15, 0.2) is 50.4 Å². The maximum Gasteiger partial charge on any atom is 0.226 e. The predicted molar refractivity (Wildman–Crippen MR) is 89.6 cm³/mol. The summed E-state index contributed by atoms with van der Waals surface area (Å²) in [6.07, 6.45) is 3.32. The van der Waals surface area contributed by atoms with Gasteiger partial charge in [-0.25, -0.2) is 4.68 Å². The third kappa shape index (κ3) is 4.13. The van der Waals surface area contributed by atoms with Gasteiger partial charge in [-0.3, -0.25) is 9.59 Å². The van der Waals surface area contributed by atoms with Gasteiger partial charge < -0.3 is 14.3 Å². The molecule has 0 saturated carbocycles. The van der Waals surface area contributed by atoms with Gasteiger partial charge in [0, 0.05) is 10.5 Å². The molecule has 3 rings (SSSR count). The average molecular weight is 406 g/mol. The summed E-state index contributed by atoms with van der Waals surface area (Å²) in [5.74, 6) is 0.315. The molecule has 0 aliphatic heterocycles. The zero-order chi connectivity index (χ0) is 17.8. The number of ether oxygens (including phenoxy) is 1. The summed E-state index contributed by atoms with van der Waals surface area (Å²) in [6.45, 7) is 0.301. The Kier molecular flexibility index (Phi) is 4.94. The minimum atomic E-state index is -0.527. The molecule has 0 radical (unpaired) electrons. The van der Waals surface area contributed by atoms with Gasteiger partial charge in [-0.2, -0.15) is 0 Å². The molecule has 3 aromatic rings. The standard InChI is InChI=1S/C16H12BrN3O5/c17-11-2-1-10(7-21)16(3-11)25-8-12-5-20(19-18-12)6-13-4-14(22)15(23)9-24-13/h1-5,7,9,23H,6,8H2. The van der Waals surface area contributed by atoms with Crippen LogP contribution in [-0.2, 0) is 13.2 Å². The highest BCUT2D eigenvalue weighted by atomic mass is 79.9. The highest BCUT2D eigenvalue weighted by molar-refractivity contribution is 9.10. The predicted octanol–water partition coefficient (Wildman–Crippen LogP) is 2.14. The van der Waals surface area contributed by atoms with Crippen molar-refractivity contribution < 1.29 is 19.1 Å². The van der Waals surface area contributed by atoms with Crippen molar-refractivity contribution in [1.82, 2.24) is 15.0 Å². The Morgan fingerprint density at radius 1 is 1.36 bits per heavy atom. The number of benzene rings is 1. The fourth-order valence-electron chi connectivity index (χ4n) is 2.05. The molecule has 0 amide bonds. The summed E-state index contributed by atoms with van der Waals surface area (Å²) in [7, 11) is 0. The molecule has 25 heavy (non-hydrogen) atoms. The van der Waals surface area contributed by atoms with E-state index in [-0.39, 0.29) is 13.2 Å². The lowest BCUT2D eigenvalue weighted by Crippen LogP contribution is -2.05. The summed E-state index contributed by atoms with van der Waals surface area (Å²) in [5.41, 5.74) is 0.445. The van der Waals surface area contributed by atoms with Gasteiger partial charge in [-0.15, -0.1) is 5.10 Å². The zero-order valence-corrected chi connectivity index (χ0v) is 14.3. The molecule has 2 aromatic heterocycles. The van der Waals surface area contributed by atoms with E-state index >= 15 is 0 Å². The Labute approximate surface area is 149 Å². The third-order valence-electron chi connectivity index (χ3n) is 3.25. The Morgan fingerprint density at radius 2 is 2.20 bits per heavy atom. The van der Waals surface area contributed by atoms with Crippen molar-refractivity contribution in [3.05, 3.63) is 68.4 Å². The first kappa shape index (κ1) is 16.9. The van der Waals surface area contributed by atoms with E-state index in [2.05, 4.69) is 26.2 Å². The summed E-state index contributed by atoms with van der Waals surface area (Å²) >= 11 is 3.32. The molecule has 0 bridgehead atoms. The van der Waals surface area contributed by atoms with Crippen LogP contribution in [0.2, 0.25) is 0 Å². The second kappa shape index (κ2) is 7.31. The van der Waals surface area contributed by atoms with E-state index in [4.69, 9.17) is 14.3 Å². The molecule has 0 fully saturated rings. The van der Waals surface area contributed by atoms with Crippen molar-refractivity contribution in [2.45, 2.75) is 13.2 Å². The summed E-state index contributed by atoms with van der Waals surface area (Å²) < 4.78 is 13.0. The number of carbonyl (C=O) groups excluding carboxylic acids is 1. The van der Waals surface area contributed by atoms with Crippen LogP contribution in [0.1, 0.15) is 21.8 Å². The Morgan fingerprint density at radius 3 is 2.96 bits per heavy atom. The number of hydrogen-bond acceptors (Lipinski definition) is 7. The Bertz CT molecular complexity index is 966. The molecule has 0 atom stereocenters. The van der Waals surface area contributed by atoms with Crippen LogP contribution in [0.25, 0.3) is 0 Å². The Balaban J connectivity index is 1.68. The number of aromatic hydroxyl groups is 1. The number of rotatable bonds is 6. The number of nitrogens with zero attached hydrogens (tertiary/aromatic N) is 3. The fourth-order valence-corrected chi connectivity index (χ4v) is 2.39. The van der Waals surface area contributed by atoms with E-state index in [0.29, 0.717) is 29.1 Å². The normalized spacial score (nSPS) is 10.6. The maximum atomic E-state index is 11.4. The number of halogens is 1. The molecule has 0 aliphatic rings. The maximum absolute atomic E-state index is 11.4. The minimum Gasteiger partial charge on any atom is -0.502 e. The van der Waals surface area contributed by atoms with Crippen LogP contribution >= 0.6 is 15.9 Å². The molecule has 0 spiro atoms. The minimum absolute atomic E-state index is 0.122. The van der Waals surface area contributed by atoms with Crippen LogP contribution in [0.5, 0.6) is 11.5 Å². The zero-order valence-electron chi connectivity index (χ0n) is 12.8. The first-order valence-corrected chi connectivity index (χ1v) is 7.91. The topological polar surface area (TPSA) is 107 Å². The number of carbonyl (C=O) groups is 1. The van der Waals surface area contributed by atoms with Crippen molar-refractivity contribution in [1.29, 1.82) is 0 Å². The van der Waals surface area contributed by atoms with Crippen LogP contribution in [0, 0.1) is 0 Å². The SMILES string of the molecule is O=Cc1ccc(Br)cc1OCc1cn(Cc2cc(=O)c(O)co2)nn1. The molecule has 8 nitrogen and oxygen atoms in total. The van der Waals surface area contributed by atoms with E-state index in [1.807, 2.05) is 0 Å². The number of hydrogen-bond donors (Lipinski definition) is 1. The second-order valence-corrected chi connectivity index (χ2v) is 6.01. The van der Waals surface area contributed by atoms with Gasteiger partial charge in [0.25, 0.3) is 0 Å². The molecule has 0 aliphatic carbocycles. The summed E-state index contributed by atoms with van der Waals surface area (Å²) in [5, 5.41) is 17.1. The van der Waals surface area contributed by atoms with Gasteiger partial charge in [-0.1, -0.05) is 21.1 Å². The lowest BCUT2D eigenvalue weighted by atomic mass is 10.2. The summed E-state index contributed by atoms with van der Waals surface area (Å²) in [6, 6.07) is 6.28. The average Bonchev–Trinajstić information content (AvgIpc) is 3.04. The number of aromatic nitrogens is 3. The smallest absolute Gasteiger partial charge is 0.226 e. The lowest BCUT2D eigenvalue weighted by Gasteiger charge is -2.06. The van der Waals surface area contributed by atoms with Crippen molar-refractivity contribution in [3.8, 4) is 11.5 Å². The van der Waals surface area contributed by atoms with E-state index < -0.39 is 11.2 Å². The first-order valence-electron chi connectivity index (χ1n) is 7.12. The molecule has 1 N–H and O–H groups in total. The monoisotopic (exact) mass is 405 g/mol. The molecule has 0 unspecified atom stereocenters. The van der Waals surface area contributed by atoms with Crippen LogP contribution in [-0.4, -0.2) is 26.4 Å². The van der Waals surface area contributed by atoms with Crippen LogP contribution in [0.3, 0.4) is 0 Å². The van der Waals surface area contributed by atoms with E-state index in [1.54, 1.807) is 24.4 Å². The van der Waals surface area contributed by atoms with Crippen molar-refractivity contribution in [3.63, 3.8) is 0 Å². The summed E-state index contributed by atoms with van der Waals surface area (Å²) in [4.78, 5) is 22.4. The number of aldehydes is 1.